The van der Waals surface area contributed by atoms with E-state index in [2.05, 4.69) is 9.88 Å². The molecule has 6 heteroatoms. The Morgan fingerprint density at radius 1 is 1.14 bits per heavy atom. The molecule has 0 bridgehead atoms. The summed E-state index contributed by atoms with van der Waals surface area (Å²) in [5.41, 5.74) is 2.87. The number of carboxylic acids is 1. The first-order valence-electron chi connectivity index (χ1n) is 9.85. The quantitative estimate of drug-likeness (QED) is 0.646. The molecular weight excluding hydrogens is 368 g/mol. The van der Waals surface area contributed by atoms with E-state index < -0.39 is 5.97 Å². The van der Waals surface area contributed by atoms with E-state index in [1.54, 1.807) is 12.1 Å². The van der Waals surface area contributed by atoms with Crippen molar-refractivity contribution in [3.05, 3.63) is 59.8 Å². The number of ether oxygens (including phenoxy) is 1. The van der Waals surface area contributed by atoms with Crippen molar-refractivity contribution in [1.29, 1.82) is 0 Å². The van der Waals surface area contributed by atoms with Crippen LogP contribution in [0.3, 0.4) is 0 Å². The average Bonchev–Trinajstić information content (AvgIpc) is 3.39. The van der Waals surface area contributed by atoms with E-state index in [-0.39, 0.29) is 17.4 Å². The molecule has 0 radical (unpaired) electrons. The number of carbonyl (C=O) groups is 2. The standard InChI is InChI=1S/C23H24N2O4/c1-29-21-12-17(23(27)28)6-7-18(21)14-25-11-10-15-8-9-19(13-20(15)25)24-22(26)16-4-2-3-5-16/h6-13,16H,2-5,14H2,1H3,(H,24,26)(H,27,28). The largest absolute Gasteiger partial charge is 0.496 e. The van der Waals surface area contributed by atoms with Crippen LogP contribution in [0.5, 0.6) is 5.75 Å². The highest BCUT2D eigenvalue weighted by Gasteiger charge is 2.22. The normalized spacial score (nSPS) is 14.2. The number of nitrogens with one attached hydrogen (secondary N) is 1. The predicted molar refractivity (Wildman–Crippen MR) is 112 cm³/mol. The van der Waals surface area contributed by atoms with Crippen LogP contribution in [0.4, 0.5) is 5.69 Å². The van der Waals surface area contributed by atoms with Crippen molar-refractivity contribution in [2.45, 2.75) is 32.2 Å². The second-order valence-corrected chi connectivity index (χ2v) is 7.52. The number of methoxy groups -OCH3 is 1. The molecule has 1 amide bonds. The van der Waals surface area contributed by atoms with Gasteiger partial charge in [0.1, 0.15) is 5.75 Å². The van der Waals surface area contributed by atoms with Crippen LogP contribution in [0.15, 0.2) is 48.7 Å². The van der Waals surface area contributed by atoms with Gasteiger partial charge in [0.25, 0.3) is 0 Å². The van der Waals surface area contributed by atoms with E-state index in [0.29, 0.717) is 12.3 Å². The SMILES string of the molecule is COc1cc(C(=O)O)ccc1Cn1ccc2ccc(NC(=O)C3CCCC3)cc21. The zero-order valence-electron chi connectivity index (χ0n) is 16.4. The van der Waals surface area contributed by atoms with Gasteiger partial charge in [0, 0.05) is 23.4 Å². The molecular formula is C23H24N2O4. The summed E-state index contributed by atoms with van der Waals surface area (Å²) < 4.78 is 7.46. The van der Waals surface area contributed by atoms with Crippen molar-refractivity contribution in [2.24, 2.45) is 5.92 Å². The summed E-state index contributed by atoms with van der Waals surface area (Å²) >= 11 is 0. The number of hydrogen-bond acceptors (Lipinski definition) is 3. The van der Waals surface area contributed by atoms with E-state index >= 15 is 0 Å². The van der Waals surface area contributed by atoms with Crippen LogP contribution in [0, 0.1) is 5.92 Å². The minimum absolute atomic E-state index is 0.103. The zero-order chi connectivity index (χ0) is 20.4. The molecule has 0 spiro atoms. The number of amides is 1. The minimum Gasteiger partial charge on any atom is -0.496 e. The second-order valence-electron chi connectivity index (χ2n) is 7.52. The summed E-state index contributed by atoms with van der Waals surface area (Å²) in [4.78, 5) is 23.7. The second kappa shape index (κ2) is 7.99. The summed E-state index contributed by atoms with van der Waals surface area (Å²) in [6.45, 7) is 0.534. The van der Waals surface area contributed by atoms with Gasteiger partial charge in [-0.3, -0.25) is 4.79 Å². The number of benzene rings is 2. The van der Waals surface area contributed by atoms with Crippen LogP contribution in [-0.2, 0) is 11.3 Å². The number of fused-ring (bicyclic) bond motifs is 1. The third-order valence-corrected chi connectivity index (χ3v) is 5.64. The highest BCUT2D eigenvalue weighted by Crippen LogP contribution is 2.28. The topological polar surface area (TPSA) is 80.6 Å². The molecule has 150 valence electrons. The molecule has 1 aliphatic rings. The van der Waals surface area contributed by atoms with Gasteiger partial charge in [-0.05, 0) is 48.6 Å². The Kier molecular flexibility index (Phi) is 5.25. The van der Waals surface area contributed by atoms with Crippen molar-refractivity contribution in [2.75, 3.05) is 12.4 Å². The average molecular weight is 392 g/mol. The number of carbonyl (C=O) groups excluding carboxylic acids is 1. The Morgan fingerprint density at radius 2 is 1.93 bits per heavy atom. The monoisotopic (exact) mass is 392 g/mol. The molecule has 2 aromatic carbocycles. The highest BCUT2D eigenvalue weighted by molar-refractivity contribution is 5.95. The fourth-order valence-electron chi connectivity index (χ4n) is 4.02. The number of anilines is 1. The van der Waals surface area contributed by atoms with Gasteiger partial charge < -0.3 is 19.7 Å². The molecule has 0 unspecified atom stereocenters. The van der Waals surface area contributed by atoms with E-state index in [4.69, 9.17) is 4.74 Å². The molecule has 2 N–H and O–H groups in total. The number of carboxylic acid groups (broad SMARTS) is 1. The summed E-state index contributed by atoms with van der Waals surface area (Å²) in [6, 6.07) is 12.8. The van der Waals surface area contributed by atoms with Crippen LogP contribution in [0.1, 0.15) is 41.6 Å². The third-order valence-electron chi connectivity index (χ3n) is 5.64. The molecule has 1 saturated carbocycles. The van der Waals surface area contributed by atoms with Crippen molar-refractivity contribution < 1.29 is 19.4 Å². The highest BCUT2D eigenvalue weighted by atomic mass is 16.5. The van der Waals surface area contributed by atoms with Gasteiger partial charge in [0.05, 0.1) is 24.7 Å². The van der Waals surface area contributed by atoms with E-state index in [1.165, 1.54) is 13.2 Å². The molecule has 29 heavy (non-hydrogen) atoms. The number of aromatic nitrogens is 1. The molecule has 1 fully saturated rings. The van der Waals surface area contributed by atoms with Gasteiger partial charge in [-0.1, -0.05) is 25.0 Å². The van der Waals surface area contributed by atoms with Crippen LogP contribution in [-0.4, -0.2) is 28.7 Å². The lowest BCUT2D eigenvalue weighted by Crippen LogP contribution is -2.20. The first-order chi connectivity index (χ1) is 14.0. The molecule has 1 aromatic heterocycles. The maximum atomic E-state index is 12.5. The molecule has 0 saturated heterocycles. The smallest absolute Gasteiger partial charge is 0.335 e. The third kappa shape index (κ3) is 3.97. The molecule has 1 heterocycles. The maximum Gasteiger partial charge on any atom is 0.335 e. The minimum atomic E-state index is -0.982. The fourth-order valence-corrected chi connectivity index (χ4v) is 4.02. The Morgan fingerprint density at radius 3 is 2.66 bits per heavy atom. The van der Waals surface area contributed by atoms with Crippen molar-refractivity contribution in [1.82, 2.24) is 4.57 Å². The van der Waals surface area contributed by atoms with Crippen molar-refractivity contribution in [3.8, 4) is 5.75 Å². The summed E-state index contributed by atoms with van der Waals surface area (Å²) in [7, 11) is 1.54. The van der Waals surface area contributed by atoms with Crippen LogP contribution in [0.25, 0.3) is 10.9 Å². The van der Waals surface area contributed by atoms with Crippen LogP contribution < -0.4 is 10.1 Å². The lowest BCUT2D eigenvalue weighted by molar-refractivity contribution is -0.119. The molecule has 6 nitrogen and oxygen atoms in total. The molecule has 3 aromatic rings. The van der Waals surface area contributed by atoms with Gasteiger partial charge in [0.15, 0.2) is 0 Å². The van der Waals surface area contributed by atoms with Gasteiger partial charge >= 0.3 is 5.97 Å². The number of rotatable bonds is 6. The summed E-state index contributed by atoms with van der Waals surface area (Å²) in [5.74, 6) is -0.221. The van der Waals surface area contributed by atoms with Crippen LogP contribution in [0.2, 0.25) is 0 Å². The first kappa shape index (κ1) is 19.1. The van der Waals surface area contributed by atoms with Gasteiger partial charge in [-0.25, -0.2) is 4.79 Å². The summed E-state index contributed by atoms with van der Waals surface area (Å²) in [5, 5.41) is 13.3. The first-order valence-corrected chi connectivity index (χ1v) is 9.85. The lowest BCUT2D eigenvalue weighted by atomic mass is 10.1. The Balaban J connectivity index is 1.59. The van der Waals surface area contributed by atoms with E-state index in [0.717, 1.165) is 47.8 Å². The van der Waals surface area contributed by atoms with Crippen molar-refractivity contribution >= 4 is 28.5 Å². The maximum absolute atomic E-state index is 12.5. The van der Waals surface area contributed by atoms with Gasteiger partial charge in [-0.2, -0.15) is 0 Å². The van der Waals surface area contributed by atoms with Crippen molar-refractivity contribution in [3.63, 3.8) is 0 Å². The molecule has 4 rings (SSSR count). The van der Waals surface area contributed by atoms with E-state index in [1.807, 2.05) is 30.5 Å². The Hall–Kier alpha value is -3.28. The predicted octanol–water partition coefficient (Wildman–Crippen LogP) is 4.53. The molecule has 1 aliphatic carbocycles. The number of aromatic carboxylic acids is 1. The lowest BCUT2D eigenvalue weighted by Gasteiger charge is -2.13. The summed E-state index contributed by atoms with van der Waals surface area (Å²) in [6.07, 6.45) is 6.18. The van der Waals surface area contributed by atoms with E-state index in [9.17, 15) is 14.7 Å². The van der Waals surface area contributed by atoms with Gasteiger partial charge in [0.2, 0.25) is 5.91 Å². The molecule has 0 aliphatic heterocycles. The zero-order valence-corrected chi connectivity index (χ0v) is 16.4. The molecule has 0 atom stereocenters. The van der Waals surface area contributed by atoms with Crippen LogP contribution >= 0.6 is 0 Å². The Labute approximate surface area is 169 Å². The fraction of sp³-hybridized carbons (Fsp3) is 0.304. The Bertz CT molecular complexity index is 1060. The number of nitrogens with zero attached hydrogens (tertiary/aromatic N) is 1. The number of hydrogen-bond donors (Lipinski definition) is 2. The van der Waals surface area contributed by atoms with Gasteiger partial charge in [-0.15, -0.1) is 0 Å².